The fourth-order valence-corrected chi connectivity index (χ4v) is 2.46. The van der Waals surface area contributed by atoms with Gasteiger partial charge in [0.05, 0.1) is 7.11 Å². The molecule has 26 heavy (non-hydrogen) atoms. The summed E-state index contributed by atoms with van der Waals surface area (Å²) in [6, 6.07) is 15.5. The number of hydrogen-bond acceptors (Lipinski definition) is 6. The van der Waals surface area contributed by atoms with E-state index in [-0.39, 0.29) is 5.88 Å². The van der Waals surface area contributed by atoms with E-state index in [0.717, 1.165) is 5.69 Å². The number of nitrogens with two attached hydrogens (primary N) is 1. The first-order valence-electron chi connectivity index (χ1n) is 8.37. The molecule has 3 rings (SSSR count). The SMILES string of the molecule is COc1ccccc1Oc1ncnc(Nc2ccc(C(C)C)cc2)c1N. The molecule has 2 aromatic carbocycles. The third kappa shape index (κ3) is 3.85. The molecule has 134 valence electrons. The predicted molar refractivity (Wildman–Crippen MR) is 103 cm³/mol. The predicted octanol–water partition coefficient (Wildman–Crippen LogP) is 4.73. The zero-order chi connectivity index (χ0) is 18.5. The zero-order valence-electron chi connectivity index (χ0n) is 15.1. The summed E-state index contributed by atoms with van der Waals surface area (Å²) in [6.45, 7) is 4.32. The highest BCUT2D eigenvalue weighted by Crippen LogP contribution is 2.35. The Morgan fingerprint density at radius 1 is 0.962 bits per heavy atom. The van der Waals surface area contributed by atoms with Crippen LogP contribution in [-0.2, 0) is 0 Å². The van der Waals surface area contributed by atoms with Crippen molar-refractivity contribution in [2.24, 2.45) is 0 Å². The monoisotopic (exact) mass is 350 g/mol. The summed E-state index contributed by atoms with van der Waals surface area (Å²) < 4.78 is 11.1. The van der Waals surface area contributed by atoms with Crippen LogP contribution in [0, 0.1) is 0 Å². The van der Waals surface area contributed by atoms with Gasteiger partial charge in [-0.3, -0.25) is 0 Å². The van der Waals surface area contributed by atoms with Crippen LogP contribution in [0.15, 0.2) is 54.9 Å². The van der Waals surface area contributed by atoms with Gasteiger partial charge < -0.3 is 20.5 Å². The van der Waals surface area contributed by atoms with Gasteiger partial charge in [-0.05, 0) is 35.7 Å². The molecular weight excluding hydrogens is 328 g/mol. The van der Waals surface area contributed by atoms with Crippen molar-refractivity contribution < 1.29 is 9.47 Å². The first kappa shape index (κ1) is 17.5. The molecule has 3 N–H and O–H groups in total. The Labute approximate surface area is 153 Å². The molecular formula is C20H22N4O2. The van der Waals surface area contributed by atoms with E-state index in [0.29, 0.717) is 28.9 Å². The van der Waals surface area contributed by atoms with Gasteiger partial charge in [0.25, 0.3) is 0 Å². The second-order valence-electron chi connectivity index (χ2n) is 6.10. The second-order valence-corrected chi connectivity index (χ2v) is 6.10. The first-order chi connectivity index (χ1) is 12.6. The Kier molecular flexibility index (Phi) is 5.22. The third-order valence-electron chi connectivity index (χ3n) is 3.96. The molecule has 1 heterocycles. The number of hydrogen-bond donors (Lipinski definition) is 2. The van der Waals surface area contributed by atoms with E-state index >= 15 is 0 Å². The van der Waals surface area contributed by atoms with Crippen molar-refractivity contribution in [2.75, 3.05) is 18.2 Å². The molecule has 0 bridgehead atoms. The van der Waals surface area contributed by atoms with Crippen LogP contribution in [0.5, 0.6) is 17.4 Å². The molecule has 3 aromatic rings. The normalized spacial score (nSPS) is 10.6. The quantitative estimate of drug-likeness (QED) is 0.669. The van der Waals surface area contributed by atoms with E-state index in [9.17, 15) is 0 Å². The molecule has 0 aliphatic rings. The Hall–Kier alpha value is -3.28. The van der Waals surface area contributed by atoms with Crippen LogP contribution >= 0.6 is 0 Å². The van der Waals surface area contributed by atoms with Crippen molar-refractivity contribution in [1.29, 1.82) is 0 Å². The van der Waals surface area contributed by atoms with E-state index in [1.807, 2.05) is 30.3 Å². The number of aromatic nitrogens is 2. The highest BCUT2D eigenvalue weighted by Gasteiger charge is 2.13. The molecule has 0 saturated carbocycles. The fraction of sp³-hybridized carbons (Fsp3) is 0.200. The van der Waals surface area contributed by atoms with Gasteiger partial charge in [0.1, 0.15) is 12.0 Å². The summed E-state index contributed by atoms with van der Waals surface area (Å²) >= 11 is 0. The van der Waals surface area contributed by atoms with Gasteiger partial charge in [-0.2, -0.15) is 4.98 Å². The van der Waals surface area contributed by atoms with Crippen LogP contribution in [-0.4, -0.2) is 17.1 Å². The number of methoxy groups -OCH3 is 1. The van der Waals surface area contributed by atoms with Gasteiger partial charge in [0.2, 0.25) is 5.88 Å². The van der Waals surface area contributed by atoms with E-state index in [4.69, 9.17) is 15.2 Å². The van der Waals surface area contributed by atoms with Crippen molar-refractivity contribution in [3.63, 3.8) is 0 Å². The minimum absolute atomic E-state index is 0.269. The minimum atomic E-state index is 0.269. The summed E-state index contributed by atoms with van der Waals surface area (Å²) in [5, 5.41) is 3.21. The van der Waals surface area contributed by atoms with E-state index < -0.39 is 0 Å². The van der Waals surface area contributed by atoms with Crippen LogP contribution in [0.4, 0.5) is 17.2 Å². The molecule has 0 aliphatic heterocycles. The molecule has 0 unspecified atom stereocenters. The average Bonchev–Trinajstić information content (AvgIpc) is 2.66. The second kappa shape index (κ2) is 7.74. The lowest BCUT2D eigenvalue weighted by atomic mass is 10.0. The van der Waals surface area contributed by atoms with Gasteiger partial charge in [0.15, 0.2) is 17.3 Å². The summed E-state index contributed by atoms with van der Waals surface area (Å²) in [4.78, 5) is 8.35. The summed E-state index contributed by atoms with van der Waals surface area (Å²) in [5.41, 5.74) is 8.68. The first-order valence-corrected chi connectivity index (χ1v) is 8.37. The lowest BCUT2D eigenvalue weighted by molar-refractivity contribution is 0.374. The highest BCUT2D eigenvalue weighted by atomic mass is 16.5. The molecule has 0 saturated heterocycles. The molecule has 0 radical (unpaired) electrons. The Morgan fingerprint density at radius 2 is 1.65 bits per heavy atom. The van der Waals surface area contributed by atoms with Crippen LogP contribution in [0.2, 0.25) is 0 Å². The molecule has 0 fully saturated rings. The van der Waals surface area contributed by atoms with E-state index in [1.54, 1.807) is 13.2 Å². The number of ether oxygens (including phenoxy) is 2. The lowest BCUT2D eigenvalue weighted by Crippen LogP contribution is -2.03. The smallest absolute Gasteiger partial charge is 0.248 e. The maximum Gasteiger partial charge on any atom is 0.248 e. The van der Waals surface area contributed by atoms with Crippen molar-refractivity contribution in [1.82, 2.24) is 9.97 Å². The molecule has 0 spiro atoms. The van der Waals surface area contributed by atoms with Gasteiger partial charge in [-0.15, -0.1) is 0 Å². The van der Waals surface area contributed by atoms with Crippen molar-refractivity contribution in [3.05, 3.63) is 60.4 Å². The van der Waals surface area contributed by atoms with Crippen LogP contribution in [0.3, 0.4) is 0 Å². The summed E-state index contributed by atoms with van der Waals surface area (Å²) in [6.07, 6.45) is 1.41. The molecule has 0 amide bonds. The molecule has 6 nitrogen and oxygen atoms in total. The Bertz CT molecular complexity index is 879. The number of benzene rings is 2. The average molecular weight is 350 g/mol. The zero-order valence-corrected chi connectivity index (χ0v) is 15.1. The minimum Gasteiger partial charge on any atom is -0.493 e. The van der Waals surface area contributed by atoms with Crippen LogP contribution in [0.1, 0.15) is 25.3 Å². The Morgan fingerprint density at radius 3 is 2.31 bits per heavy atom. The molecule has 0 aliphatic carbocycles. The molecule has 1 aromatic heterocycles. The summed E-state index contributed by atoms with van der Waals surface area (Å²) in [7, 11) is 1.58. The van der Waals surface area contributed by atoms with Crippen molar-refractivity contribution >= 4 is 17.2 Å². The number of rotatable bonds is 6. The molecule has 0 atom stereocenters. The van der Waals surface area contributed by atoms with Gasteiger partial charge >= 0.3 is 0 Å². The maximum atomic E-state index is 6.20. The number of nitrogens with one attached hydrogen (secondary N) is 1. The van der Waals surface area contributed by atoms with Crippen LogP contribution in [0.25, 0.3) is 0 Å². The van der Waals surface area contributed by atoms with E-state index in [1.165, 1.54) is 11.9 Å². The van der Waals surface area contributed by atoms with Gasteiger partial charge in [-0.1, -0.05) is 38.1 Å². The number of anilines is 3. The summed E-state index contributed by atoms with van der Waals surface area (Å²) in [5.74, 6) is 2.37. The maximum absolute atomic E-state index is 6.20. The van der Waals surface area contributed by atoms with Gasteiger partial charge in [0, 0.05) is 5.69 Å². The number of para-hydroxylation sites is 2. The fourth-order valence-electron chi connectivity index (χ4n) is 2.46. The van der Waals surface area contributed by atoms with Crippen LogP contribution < -0.4 is 20.5 Å². The highest BCUT2D eigenvalue weighted by molar-refractivity contribution is 5.72. The number of nitrogens with zero attached hydrogens (tertiary/aromatic N) is 2. The molecule has 6 heteroatoms. The lowest BCUT2D eigenvalue weighted by Gasteiger charge is -2.13. The van der Waals surface area contributed by atoms with Crippen molar-refractivity contribution in [3.8, 4) is 17.4 Å². The Balaban J connectivity index is 1.83. The topological polar surface area (TPSA) is 82.3 Å². The van der Waals surface area contributed by atoms with Crippen molar-refractivity contribution in [2.45, 2.75) is 19.8 Å². The standard InChI is InChI=1S/C20H22N4O2/c1-13(2)14-8-10-15(11-9-14)24-19-18(21)20(23-12-22-19)26-17-7-5-4-6-16(17)25-3/h4-13H,21H2,1-3H3,(H,22,23,24). The number of nitrogen functional groups attached to an aromatic ring is 1. The van der Waals surface area contributed by atoms with E-state index in [2.05, 4.69) is 41.3 Å². The largest absolute Gasteiger partial charge is 0.493 e. The third-order valence-corrected chi connectivity index (χ3v) is 3.96. The van der Waals surface area contributed by atoms with Gasteiger partial charge in [-0.25, -0.2) is 4.98 Å².